The molecular formula is C21H13NO6S. The SMILES string of the molecule is O=C(O)/C(=C\c1ccc(-c2cccc(C(=O)O)c2)o1)Sc1nc2ccccc2o1. The van der Waals surface area contributed by atoms with E-state index in [4.69, 9.17) is 13.9 Å². The molecule has 2 aromatic carbocycles. The summed E-state index contributed by atoms with van der Waals surface area (Å²) in [4.78, 5) is 27.0. The standard InChI is InChI=1S/C21H13NO6S/c23-19(24)13-5-3-4-12(10-13)16-9-8-14(27-16)11-18(20(25)26)29-21-22-15-6-1-2-7-17(15)28-21/h1-11H,(H,23,24)(H,25,26)/b18-11+. The lowest BCUT2D eigenvalue weighted by molar-refractivity contribution is -0.131. The van der Waals surface area contributed by atoms with Crippen LogP contribution in [0.1, 0.15) is 16.1 Å². The number of hydrogen-bond acceptors (Lipinski definition) is 6. The van der Waals surface area contributed by atoms with E-state index >= 15 is 0 Å². The maximum absolute atomic E-state index is 11.7. The Kier molecular flexibility index (Phi) is 4.92. The molecule has 0 amide bonds. The van der Waals surface area contributed by atoms with E-state index in [1.54, 1.807) is 42.5 Å². The topological polar surface area (TPSA) is 114 Å². The van der Waals surface area contributed by atoms with Crippen molar-refractivity contribution in [2.24, 2.45) is 0 Å². The van der Waals surface area contributed by atoms with Crippen molar-refractivity contribution in [1.82, 2.24) is 4.98 Å². The van der Waals surface area contributed by atoms with Gasteiger partial charge in [-0.25, -0.2) is 14.6 Å². The molecule has 0 spiro atoms. The number of rotatable bonds is 6. The van der Waals surface area contributed by atoms with Crippen molar-refractivity contribution < 1.29 is 28.6 Å². The fourth-order valence-corrected chi connectivity index (χ4v) is 3.37. The van der Waals surface area contributed by atoms with Gasteiger partial charge >= 0.3 is 11.9 Å². The number of aromatic nitrogens is 1. The fourth-order valence-electron chi connectivity index (χ4n) is 2.64. The Hall–Kier alpha value is -3.78. The Bertz CT molecular complexity index is 1220. The summed E-state index contributed by atoms with van der Waals surface area (Å²) in [6.07, 6.45) is 1.37. The maximum Gasteiger partial charge on any atom is 0.342 e. The molecular weight excluding hydrogens is 394 g/mol. The van der Waals surface area contributed by atoms with Crippen LogP contribution >= 0.6 is 11.8 Å². The molecule has 0 aliphatic carbocycles. The lowest BCUT2D eigenvalue weighted by Gasteiger charge is -2.00. The van der Waals surface area contributed by atoms with Gasteiger partial charge in [-0.1, -0.05) is 24.3 Å². The third kappa shape index (κ3) is 4.07. The first-order valence-corrected chi connectivity index (χ1v) is 9.23. The van der Waals surface area contributed by atoms with Gasteiger partial charge in [0.25, 0.3) is 5.22 Å². The number of thioether (sulfide) groups is 1. The average Bonchev–Trinajstić information content (AvgIpc) is 3.34. The van der Waals surface area contributed by atoms with Crippen LogP contribution in [0.4, 0.5) is 0 Å². The Labute approximate surface area is 168 Å². The third-order valence-electron chi connectivity index (χ3n) is 3.98. The van der Waals surface area contributed by atoms with Gasteiger partial charge in [0.05, 0.1) is 5.56 Å². The van der Waals surface area contributed by atoms with E-state index < -0.39 is 11.9 Å². The van der Waals surface area contributed by atoms with Gasteiger partial charge in [0.1, 0.15) is 21.9 Å². The van der Waals surface area contributed by atoms with Crippen LogP contribution < -0.4 is 0 Å². The Morgan fingerprint density at radius 2 is 1.79 bits per heavy atom. The van der Waals surface area contributed by atoms with Crippen LogP contribution in [0.2, 0.25) is 0 Å². The van der Waals surface area contributed by atoms with E-state index in [-0.39, 0.29) is 15.7 Å². The largest absolute Gasteiger partial charge is 0.478 e. The minimum atomic E-state index is -1.15. The van der Waals surface area contributed by atoms with E-state index in [0.29, 0.717) is 28.2 Å². The smallest absolute Gasteiger partial charge is 0.342 e. The highest BCUT2D eigenvalue weighted by molar-refractivity contribution is 8.03. The second-order valence-electron chi connectivity index (χ2n) is 5.95. The number of aliphatic carboxylic acids is 1. The number of hydrogen-bond donors (Lipinski definition) is 2. The van der Waals surface area contributed by atoms with Crippen LogP contribution in [0.3, 0.4) is 0 Å². The Morgan fingerprint density at radius 3 is 2.55 bits per heavy atom. The predicted molar refractivity (Wildman–Crippen MR) is 107 cm³/mol. The second kappa shape index (κ2) is 7.69. The van der Waals surface area contributed by atoms with Gasteiger partial charge in [0.15, 0.2) is 5.58 Å². The number of carboxylic acid groups (broad SMARTS) is 2. The third-order valence-corrected chi connectivity index (χ3v) is 4.84. The molecule has 0 fully saturated rings. The van der Waals surface area contributed by atoms with Crippen molar-refractivity contribution in [2.75, 3.05) is 0 Å². The van der Waals surface area contributed by atoms with Gasteiger partial charge in [-0.05, 0) is 48.2 Å². The van der Waals surface area contributed by atoms with Gasteiger partial charge in [-0.3, -0.25) is 0 Å². The minimum Gasteiger partial charge on any atom is -0.478 e. The molecule has 0 aliphatic heterocycles. The molecule has 0 radical (unpaired) electrons. The molecule has 29 heavy (non-hydrogen) atoms. The number of benzene rings is 2. The molecule has 0 bridgehead atoms. The van der Waals surface area contributed by atoms with E-state index in [1.807, 2.05) is 6.07 Å². The molecule has 7 nitrogen and oxygen atoms in total. The number of furan rings is 1. The Balaban J connectivity index is 1.61. The van der Waals surface area contributed by atoms with Gasteiger partial charge in [-0.2, -0.15) is 0 Å². The molecule has 4 rings (SSSR count). The zero-order valence-corrected chi connectivity index (χ0v) is 15.6. The zero-order chi connectivity index (χ0) is 20.4. The van der Waals surface area contributed by atoms with Gasteiger partial charge in [0, 0.05) is 11.6 Å². The van der Waals surface area contributed by atoms with Gasteiger partial charge in [0.2, 0.25) is 0 Å². The first-order valence-electron chi connectivity index (χ1n) is 8.41. The van der Waals surface area contributed by atoms with Crippen LogP contribution in [0.15, 0.2) is 79.6 Å². The zero-order valence-electron chi connectivity index (χ0n) is 14.7. The molecule has 2 N–H and O–H groups in total. The van der Waals surface area contributed by atoms with Crippen molar-refractivity contribution in [3.63, 3.8) is 0 Å². The van der Waals surface area contributed by atoms with Crippen molar-refractivity contribution >= 4 is 40.9 Å². The monoisotopic (exact) mass is 407 g/mol. The molecule has 2 heterocycles. The highest BCUT2D eigenvalue weighted by Gasteiger charge is 2.16. The number of para-hydroxylation sites is 2. The van der Waals surface area contributed by atoms with Crippen LogP contribution in [0.25, 0.3) is 28.5 Å². The maximum atomic E-state index is 11.7. The fraction of sp³-hybridized carbons (Fsp3) is 0. The number of fused-ring (bicyclic) bond motifs is 1. The molecule has 144 valence electrons. The number of oxazole rings is 1. The molecule has 0 saturated carbocycles. The van der Waals surface area contributed by atoms with Crippen LogP contribution in [-0.2, 0) is 4.79 Å². The summed E-state index contributed by atoms with van der Waals surface area (Å²) < 4.78 is 11.2. The summed E-state index contributed by atoms with van der Waals surface area (Å²) >= 11 is 0.875. The molecule has 4 aromatic rings. The summed E-state index contributed by atoms with van der Waals surface area (Å²) in [6.45, 7) is 0. The van der Waals surface area contributed by atoms with Crippen LogP contribution in [0.5, 0.6) is 0 Å². The molecule has 0 aliphatic rings. The first-order chi connectivity index (χ1) is 14.0. The number of carboxylic acids is 2. The van der Waals surface area contributed by atoms with Crippen molar-refractivity contribution in [3.05, 3.63) is 76.9 Å². The predicted octanol–water partition coefficient (Wildman–Crippen LogP) is 5.00. The number of carbonyl (C=O) groups is 2. The summed E-state index contributed by atoms with van der Waals surface area (Å²) in [5, 5.41) is 18.8. The minimum absolute atomic E-state index is 0.0308. The van der Waals surface area contributed by atoms with E-state index in [1.165, 1.54) is 18.2 Å². The molecule has 0 atom stereocenters. The second-order valence-corrected chi connectivity index (χ2v) is 6.94. The van der Waals surface area contributed by atoms with Crippen LogP contribution in [-0.4, -0.2) is 27.1 Å². The summed E-state index contributed by atoms with van der Waals surface area (Å²) in [5.41, 5.74) is 1.92. The average molecular weight is 407 g/mol. The highest BCUT2D eigenvalue weighted by atomic mass is 32.2. The lowest BCUT2D eigenvalue weighted by atomic mass is 10.1. The number of nitrogens with zero attached hydrogens (tertiary/aromatic N) is 1. The van der Waals surface area contributed by atoms with Gasteiger partial charge in [-0.15, -0.1) is 0 Å². The van der Waals surface area contributed by atoms with Gasteiger partial charge < -0.3 is 19.0 Å². The van der Waals surface area contributed by atoms with E-state index in [0.717, 1.165) is 11.8 Å². The van der Waals surface area contributed by atoms with Crippen LogP contribution in [0, 0.1) is 0 Å². The Morgan fingerprint density at radius 1 is 0.966 bits per heavy atom. The molecule has 8 heteroatoms. The molecule has 0 saturated heterocycles. The van der Waals surface area contributed by atoms with E-state index in [2.05, 4.69) is 4.98 Å². The first kappa shape index (κ1) is 18.6. The summed E-state index contributed by atoms with van der Waals surface area (Å²) in [6, 6.07) is 16.7. The normalized spacial score (nSPS) is 11.7. The molecule has 0 unspecified atom stereocenters. The van der Waals surface area contributed by atoms with Crippen molar-refractivity contribution in [2.45, 2.75) is 5.22 Å². The highest BCUT2D eigenvalue weighted by Crippen LogP contribution is 2.32. The quantitative estimate of drug-likeness (QED) is 0.339. The summed E-state index contributed by atoms with van der Waals surface area (Å²) in [7, 11) is 0. The summed E-state index contributed by atoms with van der Waals surface area (Å²) in [5.74, 6) is -1.46. The van der Waals surface area contributed by atoms with Crippen molar-refractivity contribution in [3.8, 4) is 11.3 Å². The lowest BCUT2D eigenvalue weighted by Crippen LogP contribution is -1.96. The van der Waals surface area contributed by atoms with E-state index in [9.17, 15) is 14.7 Å². The van der Waals surface area contributed by atoms with Crippen molar-refractivity contribution in [1.29, 1.82) is 0 Å². The number of aromatic carboxylic acids is 1. The molecule has 2 aromatic heterocycles.